The van der Waals surface area contributed by atoms with E-state index in [1.807, 2.05) is 18.4 Å². The van der Waals surface area contributed by atoms with Crippen molar-refractivity contribution in [2.45, 2.75) is 32.4 Å². The summed E-state index contributed by atoms with van der Waals surface area (Å²) in [7, 11) is 1.78. The minimum absolute atomic E-state index is 0.198. The Morgan fingerprint density at radius 3 is 2.65 bits per heavy atom. The molecule has 8 nitrogen and oxygen atoms in total. The molecule has 1 atom stereocenters. The summed E-state index contributed by atoms with van der Waals surface area (Å²) < 4.78 is 15.8. The summed E-state index contributed by atoms with van der Waals surface area (Å²) in [6, 6.07) is 4.85. The van der Waals surface area contributed by atoms with Crippen molar-refractivity contribution in [3.63, 3.8) is 0 Å². The van der Waals surface area contributed by atoms with Crippen molar-refractivity contribution >= 4 is 29.4 Å². The molecule has 0 fully saturated rings. The fourth-order valence-corrected chi connectivity index (χ4v) is 2.79. The van der Waals surface area contributed by atoms with E-state index < -0.39 is 23.6 Å². The van der Waals surface area contributed by atoms with E-state index >= 15 is 0 Å². The smallest absolute Gasteiger partial charge is 0.414 e. The number of carbonyl (C=O) groups excluding carboxylic acids is 2. The van der Waals surface area contributed by atoms with Crippen LogP contribution in [-0.4, -0.2) is 49.5 Å². The van der Waals surface area contributed by atoms with Gasteiger partial charge in [0.05, 0.1) is 5.69 Å². The highest BCUT2D eigenvalue weighted by atomic mass is 32.2. The number of rotatable bonds is 6. The molecule has 144 valence electrons. The number of carbonyl (C=O) groups is 2. The number of anilines is 1. The molecule has 2 amide bonds. The number of hydrogen-bond acceptors (Lipinski definition) is 8. The van der Waals surface area contributed by atoms with Crippen molar-refractivity contribution in [2.24, 2.45) is 0 Å². The molecule has 0 saturated heterocycles. The molecule has 1 aromatic rings. The Kier molecular flexibility index (Phi) is 6.60. The number of imide groups is 1. The lowest BCUT2D eigenvalue weighted by Gasteiger charge is -2.27. The third kappa shape index (κ3) is 5.70. The van der Waals surface area contributed by atoms with Gasteiger partial charge in [-0.05, 0) is 39.2 Å². The molecule has 0 bridgehead atoms. The topological polar surface area (TPSA) is 89.1 Å². The van der Waals surface area contributed by atoms with Gasteiger partial charge in [0.25, 0.3) is 0 Å². The summed E-state index contributed by atoms with van der Waals surface area (Å²) in [5.41, 5.74) is 3.22. The fraction of sp³-hybridized carbons (Fsp3) is 0.529. The van der Waals surface area contributed by atoms with E-state index in [0.717, 1.165) is 5.69 Å². The molecule has 1 aromatic carbocycles. The molecule has 0 aliphatic carbocycles. The SMILES string of the molecule is CSC[C@H](NN(C)c1ccc2c(c1)OCO2)C(=O)NC(=O)OC(C)(C)C. The minimum atomic E-state index is -0.763. The maximum atomic E-state index is 12.4. The van der Waals surface area contributed by atoms with Crippen LogP contribution >= 0.6 is 11.8 Å². The van der Waals surface area contributed by atoms with Crippen molar-refractivity contribution in [1.82, 2.24) is 10.7 Å². The van der Waals surface area contributed by atoms with E-state index in [4.69, 9.17) is 14.2 Å². The van der Waals surface area contributed by atoms with Gasteiger partial charge in [0.15, 0.2) is 11.5 Å². The van der Waals surface area contributed by atoms with Gasteiger partial charge in [-0.3, -0.25) is 10.1 Å². The average molecular weight is 383 g/mol. The Labute approximate surface area is 157 Å². The van der Waals surface area contributed by atoms with E-state index in [0.29, 0.717) is 17.3 Å². The zero-order valence-corrected chi connectivity index (χ0v) is 16.4. The lowest BCUT2D eigenvalue weighted by molar-refractivity contribution is -0.122. The zero-order valence-electron chi connectivity index (χ0n) is 15.6. The van der Waals surface area contributed by atoms with Gasteiger partial charge in [0.2, 0.25) is 12.7 Å². The fourth-order valence-electron chi connectivity index (χ4n) is 2.23. The molecule has 0 unspecified atom stereocenters. The molecule has 0 spiro atoms. The second-order valence-corrected chi connectivity index (χ2v) is 7.64. The summed E-state index contributed by atoms with van der Waals surface area (Å²) in [4.78, 5) is 24.3. The van der Waals surface area contributed by atoms with Crippen molar-refractivity contribution in [2.75, 3.05) is 30.9 Å². The number of nitrogens with zero attached hydrogens (tertiary/aromatic N) is 1. The second kappa shape index (κ2) is 8.50. The van der Waals surface area contributed by atoms with Gasteiger partial charge in [-0.1, -0.05) is 0 Å². The molecule has 1 aliphatic rings. The van der Waals surface area contributed by atoms with Crippen LogP contribution in [-0.2, 0) is 9.53 Å². The maximum absolute atomic E-state index is 12.4. The Bertz CT molecular complexity index is 662. The summed E-state index contributed by atoms with van der Waals surface area (Å²) >= 11 is 1.49. The van der Waals surface area contributed by atoms with Crippen LogP contribution in [0.3, 0.4) is 0 Å². The molecule has 0 aromatic heterocycles. The van der Waals surface area contributed by atoms with E-state index in [1.54, 1.807) is 38.9 Å². The first-order valence-electron chi connectivity index (χ1n) is 8.12. The van der Waals surface area contributed by atoms with Crippen LogP contribution in [0.1, 0.15) is 20.8 Å². The van der Waals surface area contributed by atoms with Crippen molar-refractivity contribution in [1.29, 1.82) is 0 Å². The third-order valence-corrected chi connectivity index (χ3v) is 4.03. The highest BCUT2D eigenvalue weighted by Crippen LogP contribution is 2.34. The van der Waals surface area contributed by atoms with Gasteiger partial charge >= 0.3 is 6.09 Å². The monoisotopic (exact) mass is 383 g/mol. The first kappa shape index (κ1) is 20.2. The van der Waals surface area contributed by atoms with Crippen LogP contribution in [0, 0.1) is 0 Å². The van der Waals surface area contributed by atoms with Gasteiger partial charge in [0.1, 0.15) is 11.6 Å². The molecule has 0 radical (unpaired) electrons. The highest BCUT2D eigenvalue weighted by molar-refractivity contribution is 7.98. The van der Waals surface area contributed by atoms with Crippen LogP contribution in [0.15, 0.2) is 18.2 Å². The molecule has 9 heteroatoms. The van der Waals surface area contributed by atoms with Crippen molar-refractivity contribution in [3.8, 4) is 11.5 Å². The molecular formula is C17H25N3O5S. The van der Waals surface area contributed by atoms with Gasteiger partial charge in [-0.15, -0.1) is 0 Å². The first-order chi connectivity index (χ1) is 12.2. The predicted octanol–water partition coefficient (Wildman–Crippen LogP) is 2.14. The Morgan fingerprint density at radius 1 is 1.31 bits per heavy atom. The Morgan fingerprint density at radius 2 is 2.00 bits per heavy atom. The first-order valence-corrected chi connectivity index (χ1v) is 9.51. The maximum Gasteiger partial charge on any atom is 0.414 e. The number of benzene rings is 1. The van der Waals surface area contributed by atoms with Crippen molar-refractivity contribution in [3.05, 3.63) is 18.2 Å². The van der Waals surface area contributed by atoms with Gasteiger partial charge in [-0.2, -0.15) is 11.8 Å². The van der Waals surface area contributed by atoms with Crippen LogP contribution in [0.2, 0.25) is 0 Å². The van der Waals surface area contributed by atoms with Crippen LogP contribution < -0.4 is 25.2 Å². The lowest BCUT2D eigenvalue weighted by Crippen LogP contribution is -2.53. The summed E-state index contributed by atoms with van der Waals surface area (Å²) in [6.45, 7) is 5.41. The highest BCUT2D eigenvalue weighted by Gasteiger charge is 2.25. The number of fused-ring (bicyclic) bond motifs is 1. The third-order valence-electron chi connectivity index (χ3n) is 3.37. The molecule has 1 heterocycles. The molecule has 2 N–H and O–H groups in total. The lowest BCUT2D eigenvalue weighted by atomic mass is 10.2. The van der Waals surface area contributed by atoms with Gasteiger partial charge < -0.3 is 19.2 Å². The number of nitrogens with one attached hydrogen (secondary N) is 2. The van der Waals surface area contributed by atoms with E-state index in [9.17, 15) is 9.59 Å². The summed E-state index contributed by atoms with van der Waals surface area (Å²) in [6.07, 6.45) is 1.12. The van der Waals surface area contributed by atoms with Crippen LogP contribution in [0.5, 0.6) is 11.5 Å². The number of thioether (sulfide) groups is 1. The summed E-state index contributed by atoms with van der Waals surface area (Å²) in [5, 5.41) is 3.98. The number of hydrazine groups is 1. The van der Waals surface area contributed by atoms with Gasteiger partial charge in [-0.25, -0.2) is 10.2 Å². The van der Waals surface area contributed by atoms with Crippen LogP contribution in [0.25, 0.3) is 0 Å². The van der Waals surface area contributed by atoms with Crippen molar-refractivity contribution < 1.29 is 23.8 Å². The van der Waals surface area contributed by atoms with Crippen LogP contribution in [0.4, 0.5) is 10.5 Å². The van der Waals surface area contributed by atoms with Gasteiger partial charge in [0, 0.05) is 18.9 Å². The Balaban J connectivity index is 2.00. The second-order valence-electron chi connectivity index (χ2n) is 6.72. The molecule has 1 aliphatic heterocycles. The largest absolute Gasteiger partial charge is 0.454 e. The zero-order chi connectivity index (χ0) is 19.3. The normalized spacial score (nSPS) is 13.9. The average Bonchev–Trinajstić information content (AvgIpc) is 2.99. The molecule has 2 rings (SSSR count). The minimum Gasteiger partial charge on any atom is -0.454 e. The number of alkyl carbamates (subject to hydrolysis) is 1. The number of amides is 2. The Hall–Kier alpha value is -2.13. The van der Waals surface area contributed by atoms with E-state index in [-0.39, 0.29) is 6.79 Å². The number of ether oxygens (including phenoxy) is 3. The molecular weight excluding hydrogens is 358 g/mol. The van der Waals surface area contributed by atoms with E-state index in [1.165, 1.54) is 11.8 Å². The quantitative estimate of drug-likeness (QED) is 0.723. The standard InChI is InChI=1S/C17H25N3O5S/c1-17(2,3)25-16(22)18-15(21)12(9-26-5)19-20(4)11-6-7-13-14(8-11)24-10-23-13/h6-8,12,19H,9-10H2,1-5H3,(H,18,21,22)/t12-/m0/s1. The predicted molar refractivity (Wildman–Crippen MR) is 101 cm³/mol. The molecule has 0 saturated carbocycles. The summed E-state index contributed by atoms with van der Waals surface area (Å²) in [5.74, 6) is 1.35. The number of hydrogen-bond donors (Lipinski definition) is 2. The molecule has 26 heavy (non-hydrogen) atoms. The van der Waals surface area contributed by atoms with E-state index in [2.05, 4.69) is 10.7 Å².